The van der Waals surface area contributed by atoms with Crippen molar-refractivity contribution >= 4 is 24.3 Å². The van der Waals surface area contributed by atoms with E-state index in [9.17, 15) is 14.4 Å². The quantitative estimate of drug-likeness (QED) is 0.631. The van der Waals surface area contributed by atoms with E-state index in [0.29, 0.717) is 12.0 Å². The summed E-state index contributed by atoms with van der Waals surface area (Å²) in [6.07, 6.45) is 5.82. The predicted molar refractivity (Wildman–Crippen MR) is 69.8 cm³/mol. The molecule has 3 amide bonds. The van der Waals surface area contributed by atoms with Gasteiger partial charge in [0, 0.05) is 12.3 Å². The monoisotopic (exact) mass is 259 g/mol. The first-order chi connectivity index (χ1) is 9.19. The third kappa shape index (κ3) is 4.55. The number of carbonyl (C=O) groups is 3. The van der Waals surface area contributed by atoms with E-state index in [1.54, 1.807) is 24.4 Å². The fourth-order valence-electron chi connectivity index (χ4n) is 1.23. The van der Waals surface area contributed by atoms with Crippen LogP contribution in [0.5, 0.6) is 0 Å². The Morgan fingerprint density at radius 2 is 2.21 bits per heavy atom. The molecule has 1 heterocycles. The summed E-state index contributed by atoms with van der Waals surface area (Å²) in [6.45, 7) is 2.98. The van der Waals surface area contributed by atoms with Crippen LogP contribution >= 0.6 is 0 Å². The lowest BCUT2D eigenvalue weighted by Gasteiger charge is -2.15. The van der Waals surface area contributed by atoms with Gasteiger partial charge in [-0.15, -0.1) is 0 Å². The van der Waals surface area contributed by atoms with Crippen molar-refractivity contribution in [3.05, 3.63) is 48.9 Å². The Morgan fingerprint density at radius 3 is 2.79 bits per heavy atom. The average molecular weight is 259 g/mol. The van der Waals surface area contributed by atoms with Gasteiger partial charge < -0.3 is 10.1 Å². The zero-order valence-electron chi connectivity index (χ0n) is 10.2. The summed E-state index contributed by atoms with van der Waals surface area (Å²) >= 11 is 0. The molecule has 19 heavy (non-hydrogen) atoms. The summed E-state index contributed by atoms with van der Waals surface area (Å²) < 4.78 is 0. The predicted octanol–water partition coefficient (Wildman–Crippen LogP) is 0.975. The van der Waals surface area contributed by atoms with Crippen molar-refractivity contribution in [2.45, 2.75) is 0 Å². The van der Waals surface area contributed by atoms with Crippen molar-refractivity contribution in [3.63, 3.8) is 0 Å². The number of aldehydes is 1. The van der Waals surface area contributed by atoms with Gasteiger partial charge in [-0.05, 0) is 24.4 Å². The van der Waals surface area contributed by atoms with E-state index >= 15 is 0 Å². The average Bonchev–Trinajstić information content (AvgIpc) is 2.43. The Hall–Kier alpha value is -2.76. The van der Waals surface area contributed by atoms with Crippen LogP contribution in [0.3, 0.4) is 0 Å². The van der Waals surface area contributed by atoms with Crippen LogP contribution < -0.4 is 5.32 Å². The molecule has 0 saturated heterocycles. The standard InChI is InChI=1S/C13H13N3O3/c1-2-14-13(19)16(9-10-17)12(18)7-6-11-5-3-4-8-15-11/h2-8,10H,1,9H2,(H,14,19). The third-order valence-electron chi connectivity index (χ3n) is 2.08. The van der Waals surface area contributed by atoms with Gasteiger partial charge in [-0.25, -0.2) is 4.79 Å². The van der Waals surface area contributed by atoms with E-state index < -0.39 is 11.9 Å². The highest BCUT2D eigenvalue weighted by atomic mass is 16.2. The lowest BCUT2D eigenvalue weighted by molar-refractivity contribution is -0.125. The molecule has 6 nitrogen and oxygen atoms in total. The Morgan fingerprint density at radius 1 is 1.42 bits per heavy atom. The largest absolute Gasteiger partial charge is 0.328 e. The molecule has 0 aliphatic rings. The number of urea groups is 1. The minimum atomic E-state index is -0.710. The summed E-state index contributed by atoms with van der Waals surface area (Å²) in [5.41, 5.74) is 0.575. The zero-order chi connectivity index (χ0) is 14.1. The van der Waals surface area contributed by atoms with Gasteiger partial charge in [0.1, 0.15) is 6.29 Å². The maximum Gasteiger partial charge on any atom is 0.328 e. The number of rotatable bonds is 5. The number of pyridine rings is 1. The molecular weight excluding hydrogens is 246 g/mol. The number of nitrogens with one attached hydrogen (secondary N) is 1. The maximum atomic E-state index is 11.8. The highest BCUT2D eigenvalue weighted by Gasteiger charge is 2.17. The van der Waals surface area contributed by atoms with Crippen LogP contribution in [0.15, 0.2) is 43.3 Å². The first kappa shape index (κ1) is 14.3. The van der Waals surface area contributed by atoms with E-state index in [1.807, 2.05) is 0 Å². The minimum absolute atomic E-state index is 0.328. The van der Waals surface area contributed by atoms with Gasteiger partial charge in [-0.1, -0.05) is 12.6 Å². The first-order valence-electron chi connectivity index (χ1n) is 5.44. The van der Waals surface area contributed by atoms with Crippen LogP contribution in [-0.2, 0) is 9.59 Å². The van der Waals surface area contributed by atoms with E-state index in [2.05, 4.69) is 16.9 Å². The molecule has 1 rings (SSSR count). The fourth-order valence-corrected chi connectivity index (χ4v) is 1.23. The van der Waals surface area contributed by atoms with Crippen LogP contribution in [0.2, 0.25) is 0 Å². The molecule has 0 bridgehead atoms. The van der Waals surface area contributed by atoms with Crippen LogP contribution in [0.4, 0.5) is 4.79 Å². The van der Waals surface area contributed by atoms with E-state index in [1.165, 1.54) is 12.2 Å². The van der Waals surface area contributed by atoms with Crippen molar-refractivity contribution < 1.29 is 14.4 Å². The number of hydrogen-bond acceptors (Lipinski definition) is 4. The molecule has 1 N–H and O–H groups in total. The van der Waals surface area contributed by atoms with E-state index in [4.69, 9.17) is 0 Å². The lowest BCUT2D eigenvalue weighted by Crippen LogP contribution is -2.42. The van der Waals surface area contributed by atoms with Crippen molar-refractivity contribution in [3.8, 4) is 0 Å². The Labute approximate surface area is 110 Å². The summed E-state index contributed by atoms with van der Waals surface area (Å²) in [5.74, 6) is -0.614. The minimum Gasteiger partial charge on any atom is -0.315 e. The van der Waals surface area contributed by atoms with Crippen molar-refractivity contribution in [1.29, 1.82) is 0 Å². The molecule has 1 aromatic heterocycles. The number of amides is 3. The Balaban J connectivity index is 2.77. The number of nitrogens with zero attached hydrogens (tertiary/aromatic N) is 2. The zero-order valence-corrected chi connectivity index (χ0v) is 10.2. The normalized spacial score (nSPS) is 9.89. The molecule has 0 radical (unpaired) electrons. The summed E-state index contributed by atoms with van der Waals surface area (Å²) in [5, 5.41) is 2.23. The second-order valence-corrected chi connectivity index (χ2v) is 3.36. The molecule has 98 valence electrons. The van der Waals surface area contributed by atoms with Gasteiger partial charge in [0.25, 0.3) is 5.91 Å². The molecule has 1 aromatic rings. The first-order valence-corrected chi connectivity index (χ1v) is 5.44. The maximum absolute atomic E-state index is 11.8. The van der Waals surface area contributed by atoms with Crippen LogP contribution in [0.1, 0.15) is 5.69 Å². The summed E-state index contributed by atoms with van der Waals surface area (Å²) in [4.78, 5) is 38.5. The van der Waals surface area contributed by atoms with Gasteiger partial charge >= 0.3 is 6.03 Å². The van der Waals surface area contributed by atoms with Crippen molar-refractivity contribution in [1.82, 2.24) is 15.2 Å². The third-order valence-corrected chi connectivity index (χ3v) is 2.08. The number of aromatic nitrogens is 1. The van der Waals surface area contributed by atoms with Crippen molar-refractivity contribution in [2.75, 3.05) is 6.54 Å². The molecule has 0 fully saturated rings. The molecule has 0 aliphatic heterocycles. The smallest absolute Gasteiger partial charge is 0.315 e. The van der Waals surface area contributed by atoms with Gasteiger partial charge in [-0.3, -0.25) is 14.7 Å². The Kier molecular flexibility index (Phi) is 5.68. The van der Waals surface area contributed by atoms with Crippen LogP contribution in [-0.4, -0.2) is 34.7 Å². The van der Waals surface area contributed by atoms with Gasteiger partial charge in [0.15, 0.2) is 0 Å². The molecule has 0 saturated carbocycles. The number of carbonyl (C=O) groups excluding carboxylic acids is 3. The summed E-state index contributed by atoms with van der Waals surface area (Å²) in [6, 6.07) is 4.51. The highest BCUT2D eigenvalue weighted by Crippen LogP contribution is 1.99. The van der Waals surface area contributed by atoms with Gasteiger partial charge in [0.2, 0.25) is 0 Å². The van der Waals surface area contributed by atoms with E-state index in [0.717, 1.165) is 11.1 Å². The van der Waals surface area contributed by atoms with Gasteiger partial charge in [0.05, 0.1) is 12.2 Å². The van der Waals surface area contributed by atoms with Crippen LogP contribution in [0.25, 0.3) is 6.08 Å². The molecule has 0 aliphatic carbocycles. The summed E-state index contributed by atoms with van der Waals surface area (Å²) in [7, 11) is 0. The van der Waals surface area contributed by atoms with E-state index in [-0.39, 0.29) is 6.54 Å². The molecule has 0 spiro atoms. The fraction of sp³-hybridized carbons (Fsp3) is 0.0769. The molecule has 0 unspecified atom stereocenters. The topological polar surface area (TPSA) is 79.4 Å². The molecule has 6 heteroatoms. The SMILES string of the molecule is C=CNC(=O)N(CC=O)C(=O)C=Cc1ccccn1. The number of hydrogen-bond donors (Lipinski definition) is 1. The highest BCUT2D eigenvalue weighted by molar-refractivity contribution is 6.03. The Bertz CT molecular complexity index is 497. The van der Waals surface area contributed by atoms with Gasteiger partial charge in [-0.2, -0.15) is 0 Å². The molecule has 0 aromatic carbocycles. The van der Waals surface area contributed by atoms with Crippen LogP contribution in [0, 0.1) is 0 Å². The van der Waals surface area contributed by atoms with Crippen molar-refractivity contribution in [2.24, 2.45) is 0 Å². The molecular formula is C13H13N3O3. The lowest BCUT2D eigenvalue weighted by atomic mass is 10.3. The second-order valence-electron chi connectivity index (χ2n) is 3.36. The second kappa shape index (κ2) is 7.54. The molecule has 0 atom stereocenters. The number of imide groups is 1.